The van der Waals surface area contributed by atoms with Crippen LogP contribution in [0.5, 0.6) is 0 Å². The molecule has 180 valence electrons. The van der Waals surface area contributed by atoms with Gasteiger partial charge in [-0.1, -0.05) is 29.8 Å². The molecule has 3 aromatic carbocycles. The first-order chi connectivity index (χ1) is 16.3. The van der Waals surface area contributed by atoms with Gasteiger partial charge >= 0.3 is 0 Å². The fourth-order valence-corrected chi connectivity index (χ4v) is 5.46. The van der Waals surface area contributed by atoms with E-state index in [1.807, 2.05) is 6.92 Å². The SMILES string of the molecule is Cc1ccc(N(CC(=O)NCCCSCc2ccc(F)cc2)S(=O)(=O)c2ccc(F)cc2)cc1. The van der Waals surface area contributed by atoms with E-state index in [9.17, 15) is 22.0 Å². The lowest BCUT2D eigenvalue weighted by Gasteiger charge is -2.24. The number of thioether (sulfide) groups is 1. The number of carbonyl (C=O) groups is 1. The number of benzene rings is 3. The highest BCUT2D eigenvalue weighted by molar-refractivity contribution is 7.98. The number of hydrogen-bond acceptors (Lipinski definition) is 4. The molecule has 0 radical (unpaired) electrons. The van der Waals surface area contributed by atoms with Crippen LogP contribution in [0, 0.1) is 18.6 Å². The molecule has 34 heavy (non-hydrogen) atoms. The molecule has 0 aromatic heterocycles. The van der Waals surface area contributed by atoms with Crippen molar-refractivity contribution >= 4 is 33.4 Å². The third-order valence-corrected chi connectivity index (χ3v) is 7.88. The van der Waals surface area contributed by atoms with E-state index in [0.29, 0.717) is 18.7 Å². The molecule has 9 heteroatoms. The fourth-order valence-electron chi connectivity index (χ4n) is 3.12. The van der Waals surface area contributed by atoms with Gasteiger partial charge in [0.1, 0.15) is 18.2 Å². The first-order valence-corrected chi connectivity index (χ1v) is 13.3. The van der Waals surface area contributed by atoms with Crippen LogP contribution in [0.1, 0.15) is 17.5 Å². The van der Waals surface area contributed by atoms with Gasteiger partial charge < -0.3 is 5.32 Å². The van der Waals surface area contributed by atoms with E-state index in [0.717, 1.165) is 39.1 Å². The Morgan fingerprint density at radius 2 is 1.50 bits per heavy atom. The van der Waals surface area contributed by atoms with Gasteiger partial charge in [0, 0.05) is 12.3 Å². The van der Waals surface area contributed by atoms with E-state index in [-0.39, 0.29) is 10.7 Å². The Kier molecular flexibility index (Phi) is 9.06. The number of nitrogens with zero attached hydrogens (tertiary/aromatic N) is 1. The average Bonchev–Trinajstić information content (AvgIpc) is 2.82. The number of anilines is 1. The lowest BCUT2D eigenvalue weighted by Crippen LogP contribution is -2.41. The van der Waals surface area contributed by atoms with E-state index < -0.39 is 28.3 Å². The first-order valence-electron chi connectivity index (χ1n) is 10.7. The average molecular weight is 505 g/mol. The molecule has 0 aliphatic rings. The van der Waals surface area contributed by atoms with Crippen molar-refractivity contribution in [1.29, 1.82) is 0 Å². The van der Waals surface area contributed by atoms with Crippen LogP contribution in [0.2, 0.25) is 0 Å². The second-order valence-electron chi connectivity index (χ2n) is 7.68. The molecule has 0 unspecified atom stereocenters. The van der Waals surface area contributed by atoms with E-state index in [1.54, 1.807) is 48.2 Å². The summed E-state index contributed by atoms with van der Waals surface area (Å²) in [5.74, 6) is 0.279. The number of rotatable bonds is 11. The van der Waals surface area contributed by atoms with Gasteiger partial charge in [-0.05, 0) is 73.2 Å². The number of halogens is 2. The first kappa shape index (κ1) is 25.7. The van der Waals surface area contributed by atoms with Crippen LogP contribution in [0.3, 0.4) is 0 Å². The minimum atomic E-state index is -4.08. The van der Waals surface area contributed by atoms with Crippen LogP contribution in [0.4, 0.5) is 14.5 Å². The molecular formula is C25H26F2N2O3S2. The number of aryl methyl sites for hydroxylation is 1. The largest absolute Gasteiger partial charge is 0.354 e. The molecule has 0 atom stereocenters. The fraction of sp³-hybridized carbons (Fsp3) is 0.240. The van der Waals surface area contributed by atoms with Crippen molar-refractivity contribution in [2.75, 3.05) is 23.1 Å². The van der Waals surface area contributed by atoms with Gasteiger partial charge in [0.25, 0.3) is 10.0 Å². The third-order valence-electron chi connectivity index (χ3n) is 4.98. The molecule has 0 fully saturated rings. The predicted molar refractivity (Wildman–Crippen MR) is 132 cm³/mol. The molecule has 1 N–H and O–H groups in total. The third kappa shape index (κ3) is 7.30. The minimum absolute atomic E-state index is 0.0977. The normalized spacial score (nSPS) is 11.3. The smallest absolute Gasteiger partial charge is 0.264 e. The highest BCUT2D eigenvalue weighted by Crippen LogP contribution is 2.24. The summed E-state index contributed by atoms with van der Waals surface area (Å²) in [7, 11) is -4.08. The summed E-state index contributed by atoms with van der Waals surface area (Å²) >= 11 is 1.67. The molecule has 0 aliphatic carbocycles. The Bertz CT molecular complexity index is 1180. The quantitative estimate of drug-likeness (QED) is 0.377. The lowest BCUT2D eigenvalue weighted by molar-refractivity contribution is -0.119. The summed E-state index contributed by atoms with van der Waals surface area (Å²) in [5, 5.41) is 2.77. The lowest BCUT2D eigenvalue weighted by atomic mass is 10.2. The number of carbonyl (C=O) groups excluding carboxylic acids is 1. The predicted octanol–water partition coefficient (Wildman–Crippen LogP) is 4.91. The molecule has 0 saturated carbocycles. The van der Waals surface area contributed by atoms with Crippen molar-refractivity contribution in [3.05, 3.63) is 95.6 Å². The number of amides is 1. The zero-order valence-electron chi connectivity index (χ0n) is 18.7. The number of nitrogens with one attached hydrogen (secondary N) is 1. The summed E-state index contributed by atoms with van der Waals surface area (Å²) in [4.78, 5) is 12.5. The highest BCUT2D eigenvalue weighted by Gasteiger charge is 2.27. The Balaban J connectivity index is 1.57. The van der Waals surface area contributed by atoms with Crippen molar-refractivity contribution in [3.63, 3.8) is 0 Å². The zero-order chi connectivity index (χ0) is 24.6. The molecule has 1 amide bonds. The van der Waals surface area contributed by atoms with Crippen LogP contribution in [0.15, 0.2) is 77.7 Å². The van der Waals surface area contributed by atoms with Gasteiger partial charge in [-0.3, -0.25) is 9.10 Å². The summed E-state index contributed by atoms with van der Waals surface area (Å²) in [6.45, 7) is 1.88. The standard InChI is InChI=1S/C25H26F2N2O3S2/c1-19-3-11-23(12-4-19)29(34(31,32)24-13-9-22(27)10-14-24)17-25(30)28-15-2-16-33-18-20-5-7-21(26)8-6-20/h3-14H,2,15-18H2,1H3,(H,28,30). The summed E-state index contributed by atoms with van der Waals surface area (Å²) in [5.41, 5.74) is 2.32. The molecule has 0 saturated heterocycles. The Morgan fingerprint density at radius 1 is 0.912 bits per heavy atom. The van der Waals surface area contributed by atoms with Crippen LogP contribution in [-0.2, 0) is 20.6 Å². The minimum Gasteiger partial charge on any atom is -0.354 e. The highest BCUT2D eigenvalue weighted by atomic mass is 32.2. The molecule has 0 spiro atoms. The van der Waals surface area contributed by atoms with Gasteiger partial charge in [0.05, 0.1) is 10.6 Å². The molecule has 0 aliphatic heterocycles. The Hall–Kier alpha value is -2.91. The zero-order valence-corrected chi connectivity index (χ0v) is 20.3. The Labute approximate surface area is 203 Å². The van der Waals surface area contributed by atoms with E-state index in [4.69, 9.17) is 0 Å². The van der Waals surface area contributed by atoms with Gasteiger partial charge in [-0.25, -0.2) is 17.2 Å². The van der Waals surface area contributed by atoms with Gasteiger partial charge in [0.15, 0.2) is 0 Å². The molecule has 3 rings (SSSR count). The van der Waals surface area contributed by atoms with Gasteiger partial charge in [-0.15, -0.1) is 0 Å². The van der Waals surface area contributed by atoms with Gasteiger partial charge in [0.2, 0.25) is 5.91 Å². The second kappa shape index (κ2) is 12.0. The van der Waals surface area contributed by atoms with Crippen LogP contribution in [0.25, 0.3) is 0 Å². The van der Waals surface area contributed by atoms with Crippen LogP contribution >= 0.6 is 11.8 Å². The van der Waals surface area contributed by atoms with Crippen molar-refractivity contribution in [3.8, 4) is 0 Å². The summed E-state index contributed by atoms with van der Waals surface area (Å²) in [6.07, 6.45) is 0.701. The maximum Gasteiger partial charge on any atom is 0.264 e. The van der Waals surface area contributed by atoms with E-state index in [1.165, 1.54) is 24.3 Å². The Morgan fingerprint density at radius 3 is 2.12 bits per heavy atom. The van der Waals surface area contributed by atoms with Gasteiger partial charge in [-0.2, -0.15) is 11.8 Å². The van der Waals surface area contributed by atoms with E-state index in [2.05, 4.69) is 5.32 Å². The van der Waals surface area contributed by atoms with Crippen molar-refractivity contribution in [2.24, 2.45) is 0 Å². The summed E-state index contributed by atoms with van der Waals surface area (Å²) in [6, 6.07) is 17.6. The second-order valence-corrected chi connectivity index (χ2v) is 10.7. The molecule has 5 nitrogen and oxygen atoms in total. The van der Waals surface area contributed by atoms with Crippen molar-refractivity contribution < 1.29 is 22.0 Å². The molecule has 0 bridgehead atoms. The monoisotopic (exact) mass is 504 g/mol. The number of hydrogen-bond donors (Lipinski definition) is 1. The van der Waals surface area contributed by atoms with Crippen molar-refractivity contribution in [1.82, 2.24) is 5.32 Å². The van der Waals surface area contributed by atoms with Crippen LogP contribution in [-0.4, -0.2) is 33.2 Å². The number of sulfonamides is 1. The van der Waals surface area contributed by atoms with Crippen molar-refractivity contribution in [2.45, 2.75) is 24.0 Å². The maximum atomic E-state index is 13.3. The molecule has 3 aromatic rings. The van der Waals surface area contributed by atoms with Crippen LogP contribution < -0.4 is 9.62 Å². The van der Waals surface area contributed by atoms with E-state index >= 15 is 0 Å². The topological polar surface area (TPSA) is 66.5 Å². The molecule has 0 heterocycles. The molecular weight excluding hydrogens is 478 g/mol. The summed E-state index contributed by atoms with van der Waals surface area (Å²) < 4.78 is 53.7. The maximum absolute atomic E-state index is 13.3.